The molecule has 74 valence electrons. The molecule has 1 N–H and O–H groups in total. The highest BCUT2D eigenvalue weighted by Gasteiger charge is 1.91. The van der Waals surface area contributed by atoms with E-state index in [1.165, 1.54) is 6.92 Å². The zero-order valence-electron chi connectivity index (χ0n) is 8.50. The summed E-state index contributed by atoms with van der Waals surface area (Å²) in [5.74, 6) is 0.00820. The molecule has 2 nitrogen and oxygen atoms in total. The van der Waals surface area contributed by atoms with Crippen LogP contribution in [0.15, 0.2) is 30.3 Å². The Hall–Kier alpha value is -1.31. The molecule has 0 atom stereocenters. The summed E-state index contributed by atoms with van der Waals surface area (Å²) in [6, 6.07) is 9.83. The third-order valence-electron chi connectivity index (χ3n) is 1.38. The molecule has 0 spiro atoms. The van der Waals surface area contributed by atoms with Gasteiger partial charge in [0.2, 0.25) is 5.91 Å². The fraction of sp³-hybridized carbons (Fsp3) is 0.364. The highest BCUT2D eigenvalue weighted by atomic mass is 16.1. The van der Waals surface area contributed by atoms with Gasteiger partial charge in [-0.3, -0.25) is 4.79 Å². The van der Waals surface area contributed by atoms with Crippen molar-refractivity contribution in [1.82, 2.24) is 5.32 Å². The van der Waals surface area contributed by atoms with E-state index in [1.807, 2.05) is 44.2 Å². The van der Waals surface area contributed by atoms with Gasteiger partial charge in [0.15, 0.2) is 0 Å². The number of carbonyl (C=O) groups excluding carboxylic acids is 1. The molecule has 1 amide bonds. The topological polar surface area (TPSA) is 29.1 Å². The van der Waals surface area contributed by atoms with Gasteiger partial charge >= 0.3 is 0 Å². The number of benzene rings is 1. The van der Waals surface area contributed by atoms with Crippen LogP contribution < -0.4 is 5.32 Å². The Morgan fingerprint density at radius 2 is 1.85 bits per heavy atom. The molecule has 0 aliphatic rings. The second-order valence-electron chi connectivity index (χ2n) is 2.40. The molecular formula is C11H19NO. The third kappa shape index (κ3) is 5.91. The standard InChI is InChI=1S/C9H11NO.C2H6.H2/c1-8(11)10-7-9-5-3-2-4-6-9;1-2;/h2-6H,7H2,1H3,(H,10,11);1-2H3;1H. The van der Waals surface area contributed by atoms with Crippen LogP contribution in [0.5, 0.6) is 0 Å². The maximum atomic E-state index is 10.5. The Morgan fingerprint density at radius 1 is 1.31 bits per heavy atom. The van der Waals surface area contributed by atoms with Gasteiger partial charge in [-0.15, -0.1) is 0 Å². The van der Waals surface area contributed by atoms with E-state index in [1.54, 1.807) is 0 Å². The molecule has 0 saturated heterocycles. The largest absolute Gasteiger partial charge is 0.352 e. The Balaban J connectivity index is 0. The van der Waals surface area contributed by atoms with Gasteiger partial charge in [-0.25, -0.2) is 0 Å². The van der Waals surface area contributed by atoms with Crippen LogP contribution in [0.2, 0.25) is 0 Å². The quantitative estimate of drug-likeness (QED) is 0.746. The minimum absolute atomic E-state index is 0. The van der Waals surface area contributed by atoms with Gasteiger partial charge < -0.3 is 5.32 Å². The Bertz CT molecular complexity index is 236. The summed E-state index contributed by atoms with van der Waals surface area (Å²) < 4.78 is 0. The zero-order valence-corrected chi connectivity index (χ0v) is 8.50. The van der Waals surface area contributed by atoms with Crippen molar-refractivity contribution in [2.24, 2.45) is 0 Å². The number of carbonyl (C=O) groups is 1. The van der Waals surface area contributed by atoms with Crippen LogP contribution in [0.25, 0.3) is 0 Å². The zero-order chi connectivity index (χ0) is 10.1. The van der Waals surface area contributed by atoms with Gasteiger partial charge in [0.1, 0.15) is 0 Å². The van der Waals surface area contributed by atoms with Crippen molar-refractivity contribution in [3.63, 3.8) is 0 Å². The normalized spacial score (nSPS) is 8.23. The minimum Gasteiger partial charge on any atom is -0.352 e. The van der Waals surface area contributed by atoms with E-state index >= 15 is 0 Å². The van der Waals surface area contributed by atoms with Gasteiger partial charge in [-0.2, -0.15) is 0 Å². The molecule has 2 heteroatoms. The summed E-state index contributed by atoms with van der Waals surface area (Å²) in [6.45, 7) is 6.14. The van der Waals surface area contributed by atoms with Crippen LogP contribution in [-0.4, -0.2) is 5.91 Å². The van der Waals surface area contributed by atoms with Crippen molar-refractivity contribution >= 4 is 5.91 Å². The molecule has 0 radical (unpaired) electrons. The van der Waals surface area contributed by atoms with E-state index in [2.05, 4.69) is 5.32 Å². The van der Waals surface area contributed by atoms with E-state index in [4.69, 9.17) is 0 Å². The van der Waals surface area contributed by atoms with Gasteiger partial charge in [-0.05, 0) is 5.56 Å². The number of hydrogen-bond donors (Lipinski definition) is 1. The Kier molecular flexibility index (Phi) is 6.60. The predicted molar refractivity (Wildman–Crippen MR) is 57.4 cm³/mol. The fourth-order valence-corrected chi connectivity index (χ4v) is 0.822. The first-order chi connectivity index (χ1) is 6.29. The monoisotopic (exact) mass is 181 g/mol. The molecule has 0 fully saturated rings. The lowest BCUT2D eigenvalue weighted by atomic mass is 10.2. The fourth-order valence-electron chi connectivity index (χ4n) is 0.822. The molecule has 0 aromatic heterocycles. The molecular weight excluding hydrogens is 162 g/mol. The molecule has 13 heavy (non-hydrogen) atoms. The molecule has 0 unspecified atom stereocenters. The van der Waals surface area contributed by atoms with Crippen molar-refractivity contribution in [2.75, 3.05) is 0 Å². The van der Waals surface area contributed by atoms with Crippen LogP contribution in [-0.2, 0) is 11.3 Å². The smallest absolute Gasteiger partial charge is 0.217 e. The number of hydrogen-bond acceptors (Lipinski definition) is 1. The molecule has 1 aromatic carbocycles. The predicted octanol–water partition coefficient (Wildman–Crippen LogP) is 2.59. The number of nitrogens with one attached hydrogen (secondary N) is 1. The lowest BCUT2D eigenvalue weighted by Crippen LogP contribution is -2.18. The highest BCUT2D eigenvalue weighted by molar-refractivity contribution is 5.72. The Labute approximate surface area is 81.5 Å². The van der Waals surface area contributed by atoms with E-state index in [9.17, 15) is 4.79 Å². The average Bonchev–Trinajstić information content (AvgIpc) is 2.19. The minimum atomic E-state index is 0. The van der Waals surface area contributed by atoms with Crippen molar-refractivity contribution in [1.29, 1.82) is 0 Å². The molecule has 0 aliphatic carbocycles. The van der Waals surface area contributed by atoms with Gasteiger partial charge in [0, 0.05) is 14.9 Å². The van der Waals surface area contributed by atoms with E-state index < -0.39 is 0 Å². The molecule has 0 bridgehead atoms. The maximum Gasteiger partial charge on any atom is 0.217 e. The lowest BCUT2D eigenvalue weighted by molar-refractivity contribution is -0.119. The molecule has 0 saturated carbocycles. The van der Waals surface area contributed by atoms with Gasteiger partial charge in [0.05, 0.1) is 0 Å². The molecule has 0 aliphatic heterocycles. The van der Waals surface area contributed by atoms with Gasteiger partial charge in [-0.1, -0.05) is 44.2 Å². The molecule has 1 aromatic rings. The lowest BCUT2D eigenvalue weighted by Gasteiger charge is -2.00. The summed E-state index contributed by atoms with van der Waals surface area (Å²) in [6.07, 6.45) is 0. The first kappa shape index (κ1) is 11.7. The van der Waals surface area contributed by atoms with Crippen LogP contribution in [0, 0.1) is 0 Å². The number of amides is 1. The summed E-state index contributed by atoms with van der Waals surface area (Å²) >= 11 is 0. The van der Waals surface area contributed by atoms with Crippen molar-refractivity contribution in [3.05, 3.63) is 35.9 Å². The SMILES string of the molecule is CC.CC(=O)NCc1ccccc1.[HH]. The highest BCUT2D eigenvalue weighted by Crippen LogP contribution is 1.96. The van der Waals surface area contributed by atoms with Gasteiger partial charge in [0.25, 0.3) is 0 Å². The summed E-state index contributed by atoms with van der Waals surface area (Å²) in [7, 11) is 0. The second-order valence-corrected chi connectivity index (χ2v) is 2.40. The summed E-state index contributed by atoms with van der Waals surface area (Å²) in [4.78, 5) is 10.5. The second kappa shape index (κ2) is 7.35. The summed E-state index contributed by atoms with van der Waals surface area (Å²) in [5, 5.41) is 2.72. The van der Waals surface area contributed by atoms with Crippen LogP contribution in [0.1, 0.15) is 27.8 Å². The van der Waals surface area contributed by atoms with Crippen LogP contribution in [0.4, 0.5) is 0 Å². The van der Waals surface area contributed by atoms with E-state index in [0.29, 0.717) is 6.54 Å². The van der Waals surface area contributed by atoms with Crippen molar-refractivity contribution in [2.45, 2.75) is 27.3 Å². The Morgan fingerprint density at radius 3 is 2.31 bits per heavy atom. The van der Waals surface area contributed by atoms with Crippen LogP contribution >= 0.6 is 0 Å². The van der Waals surface area contributed by atoms with E-state index in [-0.39, 0.29) is 7.33 Å². The van der Waals surface area contributed by atoms with Crippen LogP contribution in [0.3, 0.4) is 0 Å². The summed E-state index contributed by atoms with van der Waals surface area (Å²) in [5.41, 5.74) is 1.13. The maximum absolute atomic E-state index is 10.5. The average molecular weight is 181 g/mol. The molecule has 0 heterocycles. The number of rotatable bonds is 2. The third-order valence-corrected chi connectivity index (χ3v) is 1.38. The first-order valence-electron chi connectivity index (χ1n) is 4.57. The van der Waals surface area contributed by atoms with E-state index in [0.717, 1.165) is 5.56 Å². The van der Waals surface area contributed by atoms with Crippen molar-refractivity contribution in [3.8, 4) is 0 Å². The van der Waals surface area contributed by atoms with Crippen molar-refractivity contribution < 1.29 is 6.22 Å². The molecule has 1 rings (SSSR count). The first-order valence-corrected chi connectivity index (χ1v) is 4.57.